The predicted molar refractivity (Wildman–Crippen MR) is 136 cm³/mol. The zero-order valence-corrected chi connectivity index (χ0v) is 22.4. The van der Waals surface area contributed by atoms with Gasteiger partial charge in [0, 0.05) is 17.6 Å². The van der Waals surface area contributed by atoms with E-state index < -0.39 is 65.0 Å². The van der Waals surface area contributed by atoms with E-state index in [9.17, 15) is 19.8 Å². The third kappa shape index (κ3) is 4.29. The van der Waals surface area contributed by atoms with E-state index in [-0.39, 0.29) is 6.61 Å². The van der Waals surface area contributed by atoms with Gasteiger partial charge in [0.2, 0.25) is 0 Å². The smallest absolute Gasteiger partial charge is 0.331 e. The Balaban J connectivity index is 1.54. The Labute approximate surface area is 223 Å². The Morgan fingerprint density at radius 3 is 2.53 bits per heavy atom. The lowest BCUT2D eigenvalue weighted by Gasteiger charge is -2.58. The van der Waals surface area contributed by atoms with Gasteiger partial charge in [-0.3, -0.25) is 0 Å². The first-order valence-corrected chi connectivity index (χ1v) is 13.4. The number of carbonyl (C=O) groups is 2. The molecule has 9 nitrogen and oxygen atoms in total. The standard InChI is InChI=1S/C29H38O9/c1-17-9-11-28-15-35-23(32)14-18(2)10-12-34-20(19(3)30)7-5-6-8-22(31)38-25-24(33)26(37-21(28)13-17)29(16-36-29)27(25,28)4/h5-8,13-14,19-21,24-26,30,33H,9-12,15-16H2,1-4H3/b7-5?,8-6+,18-14?/t19-,20-,21-,24?,25-,26-,27-,28-,29+/m1/s1. The molecule has 208 valence electrons. The number of carbonyl (C=O) groups excluding carboxylic acids is 2. The maximum Gasteiger partial charge on any atom is 0.331 e. The first-order chi connectivity index (χ1) is 18.0. The average molecular weight is 531 g/mol. The van der Waals surface area contributed by atoms with Gasteiger partial charge in [-0.25, -0.2) is 9.59 Å². The second kappa shape index (κ2) is 10.0. The molecule has 0 aromatic heterocycles. The molecule has 9 heteroatoms. The van der Waals surface area contributed by atoms with Crippen molar-refractivity contribution in [3.63, 3.8) is 0 Å². The van der Waals surface area contributed by atoms with Gasteiger partial charge < -0.3 is 33.9 Å². The summed E-state index contributed by atoms with van der Waals surface area (Å²) in [7, 11) is 0. The van der Waals surface area contributed by atoms with Crippen LogP contribution in [0.1, 0.15) is 47.0 Å². The third-order valence-corrected chi connectivity index (χ3v) is 9.26. The molecule has 38 heavy (non-hydrogen) atoms. The molecule has 9 atom stereocenters. The Morgan fingerprint density at radius 1 is 1.05 bits per heavy atom. The molecule has 3 aliphatic heterocycles. The van der Waals surface area contributed by atoms with Gasteiger partial charge in [-0.05, 0) is 40.0 Å². The fourth-order valence-corrected chi connectivity index (χ4v) is 6.89. The molecule has 5 rings (SSSR count). The summed E-state index contributed by atoms with van der Waals surface area (Å²) in [6.07, 6.45) is 6.92. The van der Waals surface area contributed by atoms with E-state index in [1.54, 1.807) is 19.1 Å². The van der Waals surface area contributed by atoms with E-state index in [0.29, 0.717) is 26.1 Å². The zero-order chi connectivity index (χ0) is 27.3. The van der Waals surface area contributed by atoms with Crippen molar-refractivity contribution in [3.8, 4) is 0 Å². The first kappa shape index (κ1) is 27.3. The number of ether oxygens (including phenoxy) is 5. The molecular formula is C29H38O9. The quantitative estimate of drug-likeness (QED) is 0.299. The number of aliphatic hydroxyl groups excluding tert-OH is 2. The molecule has 5 aliphatic rings. The van der Waals surface area contributed by atoms with Crippen molar-refractivity contribution in [2.45, 2.75) is 89.2 Å². The molecular weight excluding hydrogens is 492 g/mol. The molecule has 3 heterocycles. The minimum atomic E-state index is -1.11. The molecule has 2 spiro atoms. The maximum absolute atomic E-state index is 13.0. The van der Waals surface area contributed by atoms with Crippen LogP contribution in [0.25, 0.3) is 0 Å². The van der Waals surface area contributed by atoms with Crippen LogP contribution < -0.4 is 0 Å². The number of epoxide rings is 1. The van der Waals surface area contributed by atoms with E-state index in [2.05, 4.69) is 0 Å². The number of cyclic esters (lactones) is 1. The van der Waals surface area contributed by atoms with Crippen molar-refractivity contribution in [2.24, 2.45) is 10.8 Å². The van der Waals surface area contributed by atoms with Crippen LogP contribution in [0.3, 0.4) is 0 Å². The summed E-state index contributed by atoms with van der Waals surface area (Å²) < 4.78 is 30.1. The van der Waals surface area contributed by atoms with Gasteiger partial charge in [-0.15, -0.1) is 0 Å². The highest BCUT2D eigenvalue weighted by Crippen LogP contribution is 2.72. The van der Waals surface area contributed by atoms with Crippen LogP contribution in [0, 0.1) is 10.8 Å². The highest BCUT2D eigenvalue weighted by molar-refractivity contribution is 5.83. The largest absolute Gasteiger partial charge is 0.462 e. The molecule has 0 aromatic carbocycles. The van der Waals surface area contributed by atoms with Crippen molar-refractivity contribution in [3.05, 3.63) is 47.6 Å². The van der Waals surface area contributed by atoms with Crippen LogP contribution in [0.4, 0.5) is 0 Å². The van der Waals surface area contributed by atoms with Crippen molar-refractivity contribution in [2.75, 3.05) is 19.8 Å². The van der Waals surface area contributed by atoms with E-state index in [0.717, 1.165) is 17.6 Å². The predicted octanol–water partition coefficient (Wildman–Crippen LogP) is 2.31. The Bertz CT molecular complexity index is 1080. The topological polar surface area (TPSA) is 124 Å². The second-order valence-electron chi connectivity index (χ2n) is 11.5. The summed E-state index contributed by atoms with van der Waals surface area (Å²) in [6, 6.07) is 0. The number of esters is 2. The molecule has 1 saturated carbocycles. The summed E-state index contributed by atoms with van der Waals surface area (Å²) in [5.41, 5.74) is -0.543. The Morgan fingerprint density at radius 2 is 1.82 bits per heavy atom. The lowest BCUT2D eigenvalue weighted by Crippen LogP contribution is -2.66. The number of aliphatic hydroxyl groups is 2. The van der Waals surface area contributed by atoms with Crippen LogP contribution in [0.2, 0.25) is 0 Å². The van der Waals surface area contributed by atoms with Gasteiger partial charge >= 0.3 is 11.9 Å². The van der Waals surface area contributed by atoms with Crippen molar-refractivity contribution >= 4 is 11.9 Å². The lowest BCUT2D eigenvalue weighted by molar-refractivity contribution is -0.232. The first-order valence-electron chi connectivity index (χ1n) is 13.4. The van der Waals surface area contributed by atoms with Crippen LogP contribution in [-0.4, -0.2) is 84.2 Å². The van der Waals surface area contributed by atoms with Gasteiger partial charge in [-0.2, -0.15) is 0 Å². The van der Waals surface area contributed by atoms with Crippen molar-refractivity contribution < 1.29 is 43.5 Å². The van der Waals surface area contributed by atoms with Gasteiger partial charge in [0.1, 0.15) is 36.6 Å². The minimum Gasteiger partial charge on any atom is -0.462 e. The minimum absolute atomic E-state index is 0.0261. The molecule has 2 aliphatic carbocycles. The number of hydrogen-bond acceptors (Lipinski definition) is 9. The molecule has 0 radical (unpaired) electrons. The average Bonchev–Trinajstić information content (AvgIpc) is 3.64. The molecule has 2 saturated heterocycles. The van der Waals surface area contributed by atoms with Crippen LogP contribution >= 0.6 is 0 Å². The normalized spacial score (nSPS) is 45.1. The number of hydrogen-bond donors (Lipinski definition) is 2. The van der Waals surface area contributed by atoms with E-state index in [4.69, 9.17) is 23.7 Å². The summed E-state index contributed by atoms with van der Waals surface area (Å²) in [5, 5.41) is 21.5. The molecule has 1 unspecified atom stereocenters. The molecule has 0 aromatic rings. The number of rotatable bonds is 1. The van der Waals surface area contributed by atoms with Gasteiger partial charge in [0.25, 0.3) is 0 Å². The SMILES string of the molecule is CC1=CC(=O)OC[C@]23CCC(C)=C[C@H]2O[C@@H]2C(O)[C@@H](OC(=O)/C=C/C=C[C@H]([C@@H](C)O)OCC1)[C@@]3(C)[C@]21CO1. The molecule has 2 N–H and O–H groups in total. The summed E-state index contributed by atoms with van der Waals surface area (Å²) in [6.45, 7) is 8.14. The van der Waals surface area contributed by atoms with Gasteiger partial charge in [0.15, 0.2) is 0 Å². The number of allylic oxidation sites excluding steroid dienone is 3. The van der Waals surface area contributed by atoms with E-state index >= 15 is 0 Å². The van der Waals surface area contributed by atoms with Crippen LogP contribution in [-0.2, 0) is 33.3 Å². The summed E-state index contributed by atoms with van der Waals surface area (Å²) in [4.78, 5) is 25.9. The maximum atomic E-state index is 13.0. The van der Waals surface area contributed by atoms with Gasteiger partial charge in [0.05, 0.1) is 30.8 Å². The summed E-state index contributed by atoms with van der Waals surface area (Å²) in [5.74, 6) is -1.11. The highest BCUT2D eigenvalue weighted by atomic mass is 16.7. The molecule has 3 fully saturated rings. The van der Waals surface area contributed by atoms with Crippen molar-refractivity contribution in [1.29, 1.82) is 0 Å². The zero-order valence-electron chi connectivity index (χ0n) is 22.4. The van der Waals surface area contributed by atoms with Gasteiger partial charge in [-0.1, -0.05) is 42.4 Å². The third-order valence-electron chi connectivity index (χ3n) is 9.26. The molecule has 0 amide bonds. The summed E-state index contributed by atoms with van der Waals surface area (Å²) >= 11 is 0. The lowest BCUT2D eigenvalue weighted by atomic mass is 9.51. The van der Waals surface area contributed by atoms with Crippen LogP contribution in [0.5, 0.6) is 0 Å². The highest BCUT2D eigenvalue weighted by Gasteiger charge is 2.85. The second-order valence-corrected chi connectivity index (χ2v) is 11.5. The van der Waals surface area contributed by atoms with Crippen molar-refractivity contribution in [1.82, 2.24) is 0 Å². The monoisotopic (exact) mass is 530 g/mol. The Kier molecular flexibility index (Phi) is 7.19. The Hall–Kier alpha value is -2.30. The van der Waals surface area contributed by atoms with E-state index in [1.165, 1.54) is 18.2 Å². The fourth-order valence-electron chi connectivity index (χ4n) is 6.89. The fraction of sp³-hybridized carbons (Fsp3) is 0.655. The molecule has 2 bridgehead atoms. The van der Waals surface area contributed by atoms with Crippen LogP contribution in [0.15, 0.2) is 47.6 Å². The van der Waals surface area contributed by atoms with E-state index in [1.807, 2.05) is 26.8 Å².